The maximum Gasteiger partial charge on any atom is 0.0571 e. The highest BCUT2D eigenvalue weighted by Gasteiger charge is 2.26. The van der Waals surface area contributed by atoms with E-state index in [2.05, 4.69) is 13.5 Å². The Labute approximate surface area is 75.5 Å². The Balaban J connectivity index is 2.22. The van der Waals surface area contributed by atoms with Gasteiger partial charge in [0.2, 0.25) is 0 Å². The lowest BCUT2D eigenvalue weighted by Gasteiger charge is -2.16. The van der Waals surface area contributed by atoms with E-state index < -0.39 is 0 Å². The summed E-state index contributed by atoms with van der Waals surface area (Å²) in [6.07, 6.45) is 7.41. The Morgan fingerprint density at radius 1 is 1.58 bits per heavy atom. The maximum atomic E-state index is 9.75. The zero-order valence-electron chi connectivity index (χ0n) is 8.00. The summed E-state index contributed by atoms with van der Waals surface area (Å²) >= 11 is 0. The summed E-state index contributed by atoms with van der Waals surface area (Å²) < 4.78 is 0. The highest BCUT2D eigenvalue weighted by molar-refractivity contribution is 4.80. The molecule has 0 heterocycles. The minimum absolute atomic E-state index is 0.0760. The normalized spacial score (nSPS) is 31.8. The van der Waals surface area contributed by atoms with Crippen LogP contribution in [0, 0.1) is 11.8 Å². The molecular weight excluding hydrogens is 148 g/mol. The van der Waals surface area contributed by atoms with Crippen molar-refractivity contribution in [3.63, 3.8) is 0 Å². The number of aliphatic hydroxyl groups is 1. The van der Waals surface area contributed by atoms with Crippen LogP contribution >= 0.6 is 0 Å². The van der Waals surface area contributed by atoms with Gasteiger partial charge in [0.05, 0.1) is 6.10 Å². The molecule has 12 heavy (non-hydrogen) atoms. The van der Waals surface area contributed by atoms with Crippen LogP contribution in [-0.2, 0) is 0 Å². The van der Waals surface area contributed by atoms with Crippen molar-refractivity contribution in [2.45, 2.75) is 45.1 Å². The molecule has 0 aromatic heterocycles. The fourth-order valence-corrected chi connectivity index (χ4v) is 2.12. The molecule has 0 radical (unpaired) electrons. The lowest BCUT2D eigenvalue weighted by atomic mass is 9.96. The molecule has 1 fully saturated rings. The van der Waals surface area contributed by atoms with Gasteiger partial charge in [-0.1, -0.05) is 19.4 Å². The Morgan fingerprint density at radius 2 is 2.33 bits per heavy atom. The number of aliphatic hydroxyl groups excluding tert-OH is 1. The summed E-state index contributed by atoms with van der Waals surface area (Å²) in [5.41, 5.74) is 0. The molecule has 0 bridgehead atoms. The van der Waals surface area contributed by atoms with Crippen LogP contribution in [0.5, 0.6) is 0 Å². The highest BCUT2D eigenvalue weighted by atomic mass is 16.3. The third-order valence-electron chi connectivity index (χ3n) is 2.95. The average Bonchev–Trinajstić information content (AvgIpc) is 2.47. The average molecular weight is 168 g/mol. The minimum atomic E-state index is -0.0760. The first-order valence-corrected chi connectivity index (χ1v) is 5.03. The summed E-state index contributed by atoms with van der Waals surface area (Å²) in [6, 6.07) is 0. The van der Waals surface area contributed by atoms with Crippen molar-refractivity contribution in [1.82, 2.24) is 0 Å². The predicted octanol–water partition coefficient (Wildman–Crippen LogP) is 2.75. The van der Waals surface area contributed by atoms with Crippen LogP contribution < -0.4 is 0 Å². The lowest BCUT2D eigenvalue weighted by molar-refractivity contribution is 0.101. The van der Waals surface area contributed by atoms with E-state index in [1.807, 2.05) is 6.08 Å². The third-order valence-corrected chi connectivity index (χ3v) is 2.95. The standard InChI is InChI=1S/C11H20O/c1-3-4-5-11(12)10-7-6-9(2)8-10/h3,9-12H,1,4-8H2,2H3. The molecule has 0 saturated heterocycles. The van der Waals surface area contributed by atoms with Gasteiger partial charge in [-0.3, -0.25) is 0 Å². The molecule has 0 aromatic rings. The van der Waals surface area contributed by atoms with Gasteiger partial charge in [0.25, 0.3) is 0 Å². The third kappa shape index (κ3) is 2.63. The van der Waals surface area contributed by atoms with Gasteiger partial charge >= 0.3 is 0 Å². The van der Waals surface area contributed by atoms with E-state index in [0.29, 0.717) is 5.92 Å². The first kappa shape index (κ1) is 9.79. The Hall–Kier alpha value is -0.300. The summed E-state index contributed by atoms with van der Waals surface area (Å²) in [5.74, 6) is 1.40. The van der Waals surface area contributed by atoms with Gasteiger partial charge in [-0.25, -0.2) is 0 Å². The van der Waals surface area contributed by atoms with Crippen LogP contribution in [0.2, 0.25) is 0 Å². The van der Waals surface area contributed by atoms with Crippen molar-refractivity contribution in [3.8, 4) is 0 Å². The summed E-state index contributed by atoms with van der Waals surface area (Å²) in [5, 5.41) is 9.75. The SMILES string of the molecule is C=CCCC(O)C1CCC(C)C1. The second-order valence-corrected chi connectivity index (χ2v) is 4.11. The van der Waals surface area contributed by atoms with Crippen LogP contribution in [0.3, 0.4) is 0 Å². The number of allylic oxidation sites excluding steroid dienone is 1. The summed E-state index contributed by atoms with van der Waals surface area (Å²) in [7, 11) is 0. The summed E-state index contributed by atoms with van der Waals surface area (Å²) in [4.78, 5) is 0. The van der Waals surface area contributed by atoms with Gasteiger partial charge in [-0.2, -0.15) is 0 Å². The first-order chi connectivity index (χ1) is 5.74. The van der Waals surface area contributed by atoms with Gasteiger partial charge in [0.1, 0.15) is 0 Å². The fourth-order valence-electron chi connectivity index (χ4n) is 2.12. The van der Waals surface area contributed by atoms with Crippen molar-refractivity contribution in [3.05, 3.63) is 12.7 Å². The molecule has 3 atom stereocenters. The Kier molecular flexibility index (Phi) is 3.80. The molecule has 1 nitrogen and oxygen atoms in total. The van der Waals surface area contributed by atoms with E-state index in [1.54, 1.807) is 0 Å². The maximum absolute atomic E-state index is 9.75. The monoisotopic (exact) mass is 168 g/mol. The van der Waals surface area contributed by atoms with Crippen LogP contribution in [0.4, 0.5) is 0 Å². The van der Waals surface area contributed by atoms with Gasteiger partial charge in [-0.15, -0.1) is 6.58 Å². The Bertz CT molecular complexity index is 142. The zero-order chi connectivity index (χ0) is 8.97. The largest absolute Gasteiger partial charge is 0.393 e. The van der Waals surface area contributed by atoms with Crippen molar-refractivity contribution in [2.24, 2.45) is 11.8 Å². The van der Waals surface area contributed by atoms with E-state index in [-0.39, 0.29) is 6.10 Å². The number of hydrogen-bond donors (Lipinski definition) is 1. The van der Waals surface area contributed by atoms with Crippen molar-refractivity contribution in [2.75, 3.05) is 0 Å². The van der Waals surface area contributed by atoms with E-state index >= 15 is 0 Å². The van der Waals surface area contributed by atoms with Crippen molar-refractivity contribution in [1.29, 1.82) is 0 Å². The minimum Gasteiger partial charge on any atom is -0.393 e. The van der Waals surface area contributed by atoms with Crippen molar-refractivity contribution >= 4 is 0 Å². The van der Waals surface area contributed by atoms with Crippen LogP contribution in [0.15, 0.2) is 12.7 Å². The smallest absolute Gasteiger partial charge is 0.0571 e. The van der Waals surface area contributed by atoms with Crippen molar-refractivity contribution < 1.29 is 5.11 Å². The molecule has 0 aliphatic heterocycles. The second-order valence-electron chi connectivity index (χ2n) is 4.11. The molecule has 1 saturated carbocycles. The second kappa shape index (κ2) is 4.66. The van der Waals surface area contributed by atoms with E-state index in [4.69, 9.17) is 0 Å². The molecule has 1 N–H and O–H groups in total. The molecular formula is C11H20O. The molecule has 1 heteroatoms. The van der Waals surface area contributed by atoms with Crippen LogP contribution in [0.25, 0.3) is 0 Å². The lowest BCUT2D eigenvalue weighted by Crippen LogP contribution is -2.17. The molecule has 0 amide bonds. The van der Waals surface area contributed by atoms with Gasteiger partial charge in [0, 0.05) is 0 Å². The predicted molar refractivity (Wildman–Crippen MR) is 51.9 cm³/mol. The molecule has 1 aliphatic carbocycles. The van der Waals surface area contributed by atoms with Gasteiger partial charge < -0.3 is 5.11 Å². The number of rotatable bonds is 4. The molecule has 1 rings (SSSR count). The topological polar surface area (TPSA) is 20.2 Å². The molecule has 1 aliphatic rings. The summed E-state index contributed by atoms with van der Waals surface area (Å²) in [6.45, 7) is 5.94. The molecule has 70 valence electrons. The van der Waals surface area contributed by atoms with E-state index in [0.717, 1.165) is 18.8 Å². The highest BCUT2D eigenvalue weighted by Crippen LogP contribution is 2.33. The number of hydrogen-bond acceptors (Lipinski definition) is 1. The van der Waals surface area contributed by atoms with Gasteiger partial charge in [0.15, 0.2) is 0 Å². The molecule has 3 unspecified atom stereocenters. The first-order valence-electron chi connectivity index (χ1n) is 5.03. The zero-order valence-corrected chi connectivity index (χ0v) is 8.00. The molecule has 0 spiro atoms. The quantitative estimate of drug-likeness (QED) is 0.640. The Morgan fingerprint density at radius 3 is 2.83 bits per heavy atom. The van der Waals surface area contributed by atoms with E-state index in [1.165, 1.54) is 19.3 Å². The van der Waals surface area contributed by atoms with Crippen LogP contribution in [0.1, 0.15) is 39.0 Å². The molecule has 0 aromatic carbocycles. The van der Waals surface area contributed by atoms with Crippen LogP contribution in [-0.4, -0.2) is 11.2 Å². The van der Waals surface area contributed by atoms with Gasteiger partial charge in [-0.05, 0) is 37.5 Å². The van der Waals surface area contributed by atoms with E-state index in [9.17, 15) is 5.11 Å². The fraction of sp³-hybridized carbons (Fsp3) is 0.818.